The lowest BCUT2D eigenvalue weighted by Gasteiger charge is -2.39. The Balaban J connectivity index is 0.00000182. The molecular weight excluding hydrogens is 407 g/mol. The number of halogens is 3. The van der Waals surface area contributed by atoms with Crippen LogP contribution in [0.2, 0.25) is 5.02 Å². The quantitative estimate of drug-likeness (QED) is 0.669. The zero-order valence-corrected chi connectivity index (χ0v) is 17.9. The zero-order chi connectivity index (χ0) is 17.8. The molecule has 7 heteroatoms. The van der Waals surface area contributed by atoms with E-state index in [1.807, 2.05) is 35.3 Å². The number of benzene rings is 2. The van der Waals surface area contributed by atoms with Crippen molar-refractivity contribution in [2.75, 3.05) is 20.8 Å². The second-order valence-corrected chi connectivity index (χ2v) is 6.96. The fourth-order valence-corrected chi connectivity index (χ4v) is 3.99. The maximum Gasteiger partial charge on any atom is 0.122 e. The van der Waals surface area contributed by atoms with E-state index >= 15 is 0 Å². The van der Waals surface area contributed by atoms with Gasteiger partial charge in [-0.15, -0.1) is 24.8 Å². The molecule has 3 rings (SSSR count). The number of nitrogens with two attached hydrogens (primary N) is 1. The summed E-state index contributed by atoms with van der Waals surface area (Å²) < 4.78 is 10.9. The van der Waals surface area contributed by atoms with Crippen molar-refractivity contribution >= 4 is 36.4 Å². The first-order valence-electron chi connectivity index (χ1n) is 8.60. The minimum atomic E-state index is 0. The van der Waals surface area contributed by atoms with Gasteiger partial charge in [-0.2, -0.15) is 0 Å². The minimum absolute atomic E-state index is 0. The Morgan fingerprint density at radius 2 is 1.89 bits per heavy atom. The molecule has 0 saturated carbocycles. The molecule has 0 aromatic heterocycles. The smallest absolute Gasteiger partial charge is 0.122 e. The van der Waals surface area contributed by atoms with Crippen molar-refractivity contribution in [2.45, 2.75) is 25.3 Å². The van der Waals surface area contributed by atoms with E-state index in [2.05, 4.69) is 12.1 Å². The molecule has 2 atom stereocenters. The lowest BCUT2D eigenvalue weighted by Crippen LogP contribution is -2.44. The van der Waals surface area contributed by atoms with Crippen LogP contribution in [0.1, 0.15) is 30.0 Å². The summed E-state index contributed by atoms with van der Waals surface area (Å²) in [5.74, 6) is 8.50. The van der Waals surface area contributed by atoms with Gasteiger partial charge in [0.2, 0.25) is 0 Å². The van der Waals surface area contributed by atoms with Gasteiger partial charge >= 0.3 is 0 Å². The highest BCUT2D eigenvalue weighted by Crippen LogP contribution is 2.39. The highest BCUT2D eigenvalue weighted by Gasteiger charge is 2.32. The highest BCUT2D eigenvalue weighted by molar-refractivity contribution is 6.30. The third-order valence-electron chi connectivity index (χ3n) is 4.95. The van der Waals surface area contributed by atoms with E-state index in [1.165, 1.54) is 5.56 Å². The van der Waals surface area contributed by atoms with Gasteiger partial charge in [-0.1, -0.05) is 23.7 Å². The molecule has 1 aliphatic heterocycles. The van der Waals surface area contributed by atoms with Crippen LogP contribution in [0.15, 0.2) is 42.5 Å². The van der Waals surface area contributed by atoms with E-state index in [4.69, 9.17) is 26.9 Å². The first-order valence-corrected chi connectivity index (χ1v) is 8.98. The fourth-order valence-electron chi connectivity index (χ4n) is 3.80. The van der Waals surface area contributed by atoms with E-state index in [0.717, 1.165) is 47.9 Å². The highest BCUT2D eigenvalue weighted by atomic mass is 35.5. The van der Waals surface area contributed by atoms with Gasteiger partial charge in [0.1, 0.15) is 11.5 Å². The fraction of sp³-hybridized carbons (Fsp3) is 0.400. The Labute approximate surface area is 178 Å². The summed E-state index contributed by atoms with van der Waals surface area (Å²) in [6, 6.07) is 14.1. The Kier molecular flexibility index (Phi) is 9.71. The molecule has 0 aliphatic carbocycles. The Morgan fingerprint density at radius 3 is 2.59 bits per heavy atom. The molecule has 2 unspecified atom stereocenters. The van der Waals surface area contributed by atoms with E-state index < -0.39 is 0 Å². The predicted molar refractivity (Wildman–Crippen MR) is 116 cm³/mol. The molecule has 0 spiro atoms. The Bertz CT molecular complexity index is 730. The van der Waals surface area contributed by atoms with Crippen molar-refractivity contribution in [3.63, 3.8) is 0 Å². The zero-order valence-electron chi connectivity index (χ0n) is 15.6. The molecule has 2 N–H and O–H groups in total. The first-order chi connectivity index (χ1) is 12.1. The maximum absolute atomic E-state index is 6.38. The van der Waals surface area contributed by atoms with E-state index in [9.17, 15) is 0 Å². The molecule has 1 aliphatic rings. The third-order valence-corrected chi connectivity index (χ3v) is 5.19. The van der Waals surface area contributed by atoms with Crippen LogP contribution in [0.25, 0.3) is 0 Å². The van der Waals surface area contributed by atoms with Gasteiger partial charge < -0.3 is 9.47 Å². The average Bonchev–Trinajstić information content (AvgIpc) is 2.62. The van der Waals surface area contributed by atoms with E-state index in [-0.39, 0.29) is 30.9 Å². The van der Waals surface area contributed by atoms with Crippen LogP contribution in [0.4, 0.5) is 0 Å². The summed E-state index contributed by atoms with van der Waals surface area (Å²) in [4.78, 5) is 0. The maximum atomic E-state index is 6.38. The second kappa shape index (κ2) is 11.0. The molecule has 27 heavy (non-hydrogen) atoms. The van der Waals surface area contributed by atoms with Crippen molar-refractivity contribution in [3.8, 4) is 11.5 Å². The van der Waals surface area contributed by atoms with Gasteiger partial charge in [0.05, 0.1) is 20.3 Å². The van der Waals surface area contributed by atoms with Crippen molar-refractivity contribution in [1.29, 1.82) is 0 Å². The number of methoxy groups -OCH3 is 2. The molecule has 1 fully saturated rings. The SMILES string of the molecule is COc1cccc(C2C(Cc3cc(Cl)ccc3OC)CCCN2N)c1.Cl.Cl. The Morgan fingerprint density at radius 1 is 1.11 bits per heavy atom. The van der Waals surface area contributed by atoms with Crippen LogP contribution >= 0.6 is 36.4 Å². The van der Waals surface area contributed by atoms with Crippen LogP contribution < -0.4 is 15.3 Å². The molecule has 0 radical (unpaired) electrons. The van der Waals surface area contributed by atoms with Crippen molar-refractivity contribution in [1.82, 2.24) is 5.01 Å². The third kappa shape index (κ3) is 5.66. The topological polar surface area (TPSA) is 47.7 Å². The van der Waals surface area contributed by atoms with Gasteiger partial charge in [-0.25, -0.2) is 5.01 Å². The molecule has 150 valence electrons. The molecule has 2 aromatic rings. The summed E-state index contributed by atoms with van der Waals surface area (Å²) in [6.07, 6.45) is 3.08. The van der Waals surface area contributed by atoms with Crippen molar-refractivity contribution in [3.05, 3.63) is 58.6 Å². The molecule has 0 amide bonds. The lowest BCUT2D eigenvalue weighted by atomic mass is 9.81. The number of rotatable bonds is 5. The van der Waals surface area contributed by atoms with Crippen molar-refractivity contribution in [2.24, 2.45) is 11.8 Å². The largest absolute Gasteiger partial charge is 0.497 e. The monoisotopic (exact) mass is 432 g/mol. The number of hydrazine groups is 1. The van der Waals surface area contributed by atoms with Crippen LogP contribution in [-0.2, 0) is 6.42 Å². The van der Waals surface area contributed by atoms with Gasteiger partial charge in [0.25, 0.3) is 0 Å². The van der Waals surface area contributed by atoms with E-state index in [0.29, 0.717) is 5.92 Å². The summed E-state index contributed by atoms with van der Waals surface area (Å²) in [7, 11) is 3.39. The van der Waals surface area contributed by atoms with Gasteiger partial charge in [-0.05, 0) is 66.6 Å². The molecule has 1 heterocycles. The van der Waals surface area contributed by atoms with Gasteiger partial charge in [0, 0.05) is 11.6 Å². The van der Waals surface area contributed by atoms with Crippen LogP contribution in [0.3, 0.4) is 0 Å². The standard InChI is InChI=1S/C20H25ClN2O2.2ClH/c1-24-18-7-3-5-15(13-18)20-14(6-4-10-23(20)22)11-16-12-17(21)8-9-19(16)25-2;;/h3,5,7-9,12-14,20H,4,6,10-11,22H2,1-2H3;2*1H. The van der Waals surface area contributed by atoms with Crippen LogP contribution in [-0.4, -0.2) is 25.8 Å². The number of ether oxygens (including phenoxy) is 2. The average molecular weight is 434 g/mol. The number of hydrogen-bond donors (Lipinski definition) is 1. The molecule has 1 saturated heterocycles. The first kappa shape index (κ1) is 23.9. The van der Waals surface area contributed by atoms with Crippen LogP contribution in [0, 0.1) is 5.92 Å². The molecule has 4 nitrogen and oxygen atoms in total. The van der Waals surface area contributed by atoms with Crippen LogP contribution in [0.5, 0.6) is 11.5 Å². The summed E-state index contributed by atoms with van der Waals surface area (Å²) >= 11 is 6.21. The Hall–Kier alpha value is -1.17. The minimum Gasteiger partial charge on any atom is -0.497 e. The summed E-state index contributed by atoms with van der Waals surface area (Å²) in [6.45, 7) is 0.894. The second-order valence-electron chi connectivity index (χ2n) is 6.52. The summed E-state index contributed by atoms with van der Waals surface area (Å²) in [5.41, 5.74) is 2.32. The van der Waals surface area contributed by atoms with Gasteiger partial charge in [0.15, 0.2) is 0 Å². The molecule has 0 bridgehead atoms. The normalized spacial score (nSPS) is 19.6. The molecular formula is C20H27Cl3N2O2. The summed E-state index contributed by atoms with van der Waals surface area (Å²) in [5, 5.41) is 2.69. The van der Waals surface area contributed by atoms with Crippen molar-refractivity contribution < 1.29 is 9.47 Å². The lowest BCUT2D eigenvalue weighted by molar-refractivity contribution is 0.0921. The van der Waals surface area contributed by atoms with Gasteiger partial charge in [-0.3, -0.25) is 5.84 Å². The predicted octanol–water partition coefficient (Wildman–Crippen LogP) is 5.07. The van der Waals surface area contributed by atoms with E-state index in [1.54, 1.807) is 14.2 Å². The molecule has 2 aromatic carbocycles. The number of nitrogens with zero attached hydrogens (tertiary/aromatic N) is 1. The number of hydrogen-bond acceptors (Lipinski definition) is 4. The number of piperidine rings is 1.